The molecule has 0 bridgehead atoms. The summed E-state index contributed by atoms with van der Waals surface area (Å²) in [6, 6.07) is 0.875. The lowest BCUT2D eigenvalue weighted by Crippen LogP contribution is -2.48. The molecule has 0 spiro atoms. The summed E-state index contributed by atoms with van der Waals surface area (Å²) in [5, 5.41) is 0. The van der Waals surface area contributed by atoms with Gasteiger partial charge in [0.2, 0.25) is 0 Å². The van der Waals surface area contributed by atoms with Crippen LogP contribution in [0.15, 0.2) is 48.6 Å². The van der Waals surface area contributed by atoms with Crippen LogP contribution in [0, 0.1) is 0 Å². The van der Waals surface area contributed by atoms with Crippen molar-refractivity contribution < 1.29 is 19.1 Å². The van der Waals surface area contributed by atoms with Crippen LogP contribution in [0.1, 0.15) is 201 Å². The Kier molecular flexibility index (Phi) is 35.8. The zero-order chi connectivity index (χ0) is 39.9. The van der Waals surface area contributed by atoms with Crippen molar-refractivity contribution in [2.24, 2.45) is 0 Å². The minimum atomic E-state index is -0.117. The van der Waals surface area contributed by atoms with Crippen molar-refractivity contribution in [2.45, 2.75) is 213 Å². The van der Waals surface area contributed by atoms with Crippen molar-refractivity contribution in [2.75, 3.05) is 39.9 Å². The highest BCUT2D eigenvalue weighted by atomic mass is 16.5. The normalized spacial score (nSPS) is 16.8. The Hall–Kier alpha value is -2.18. The number of unbranched alkanes of at least 4 members (excludes halogenated alkanes) is 18. The number of ether oxygens (including phenoxy) is 2. The van der Waals surface area contributed by atoms with Crippen LogP contribution >= 0.6 is 0 Å². The quantitative estimate of drug-likeness (QED) is 0.0356. The van der Waals surface area contributed by atoms with Crippen molar-refractivity contribution in [1.29, 1.82) is 0 Å². The summed E-state index contributed by atoms with van der Waals surface area (Å²) in [5.41, 5.74) is 0. The van der Waals surface area contributed by atoms with E-state index in [9.17, 15) is 9.59 Å². The molecule has 6 heteroatoms. The number of esters is 2. The van der Waals surface area contributed by atoms with Crippen molar-refractivity contribution in [3.63, 3.8) is 0 Å². The summed E-state index contributed by atoms with van der Waals surface area (Å²) in [5.74, 6) is -0.234. The van der Waals surface area contributed by atoms with Gasteiger partial charge in [-0.3, -0.25) is 14.5 Å². The Bertz CT molecular complexity index is 939. The van der Waals surface area contributed by atoms with Crippen molar-refractivity contribution in [3.05, 3.63) is 48.6 Å². The molecule has 0 aliphatic carbocycles. The fourth-order valence-corrected chi connectivity index (χ4v) is 7.24. The molecule has 1 aliphatic heterocycles. The minimum absolute atomic E-state index is 0.117. The summed E-state index contributed by atoms with van der Waals surface area (Å²) >= 11 is 0. The first-order valence-corrected chi connectivity index (χ1v) is 23.3. The van der Waals surface area contributed by atoms with E-state index < -0.39 is 0 Å². The highest BCUT2D eigenvalue weighted by molar-refractivity contribution is 5.70. The molecule has 318 valence electrons. The fourth-order valence-electron chi connectivity index (χ4n) is 7.24. The summed E-state index contributed by atoms with van der Waals surface area (Å²) in [6.45, 7) is 10.1. The lowest BCUT2D eigenvalue weighted by Gasteiger charge is -2.40. The molecule has 0 aromatic heterocycles. The highest BCUT2D eigenvalue weighted by Crippen LogP contribution is 2.21. The third-order valence-corrected chi connectivity index (χ3v) is 11.1. The molecule has 1 aliphatic rings. The van der Waals surface area contributed by atoms with E-state index in [2.05, 4.69) is 86.2 Å². The number of hydrogen-bond acceptors (Lipinski definition) is 6. The molecule has 6 nitrogen and oxygen atoms in total. The SMILES string of the molecule is CCCCC/C=C\C/C=C\CCCCCCCCOC(=O)CCN(CCC(=O)OCCCCCCCC/C=C\C/C=C\CCCCC)C1CCN(C)C(C)C1. The van der Waals surface area contributed by atoms with E-state index in [1.54, 1.807) is 0 Å². The first kappa shape index (κ1) is 50.8. The monoisotopic (exact) mass is 769 g/mol. The van der Waals surface area contributed by atoms with Gasteiger partial charge in [-0.25, -0.2) is 0 Å². The van der Waals surface area contributed by atoms with Gasteiger partial charge in [-0.15, -0.1) is 0 Å². The van der Waals surface area contributed by atoms with Crippen LogP contribution in [0.2, 0.25) is 0 Å². The Morgan fingerprint density at radius 2 is 0.945 bits per heavy atom. The zero-order valence-electron chi connectivity index (χ0n) is 36.6. The summed E-state index contributed by atoms with van der Waals surface area (Å²) in [7, 11) is 2.18. The van der Waals surface area contributed by atoms with E-state index in [4.69, 9.17) is 9.47 Å². The van der Waals surface area contributed by atoms with Crippen LogP contribution in [0.25, 0.3) is 0 Å². The van der Waals surface area contributed by atoms with E-state index in [1.807, 2.05) is 0 Å². The van der Waals surface area contributed by atoms with Crippen molar-refractivity contribution in [1.82, 2.24) is 9.80 Å². The molecular formula is C49H88N2O4. The van der Waals surface area contributed by atoms with Gasteiger partial charge in [0.05, 0.1) is 26.1 Å². The van der Waals surface area contributed by atoms with Crippen LogP contribution in [0.3, 0.4) is 0 Å². The maximum absolute atomic E-state index is 12.7. The van der Waals surface area contributed by atoms with Gasteiger partial charge in [-0.2, -0.15) is 0 Å². The lowest BCUT2D eigenvalue weighted by atomic mass is 9.97. The standard InChI is InChI=1S/C49H88N2O4/c1-5-7-9-11-13-15-17-19-21-23-25-27-29-31-33-35-43-54-48(52)38-41-51(47-37-40-50(4)46(3)45-47)42-39-49(53)55-44-36-34-32-30-28-26-24-22-20-18-16-14-12-10-8-6-2/h13-16,19-22,46-47H,5-12,17-18,23-45H2,1-4H3/b15-13-,16-14-,21-19-,22-20-. The van der Waals surface area contributed by atoms with E-state index in [1.165, 1.54) is 116 Å². The molecular weight excluding hydrogens is 681 g/mol. The predicted octanol–water partition coefficient (Wildman–Crippen LogP) is 13.3. The Morgan fingerprint density at radius 3 is 1.35 bits per heavy atom. The van der Waals surface area contributed by atoms with E-state index >= 15 is 0 Å². The first-order valence-electron chi connectivity index (χ1n) is 23.3. The molecule has 0 aromatic carbocycles. The molecule has 1 rings (SSSR count). The van der Waals surface area contributed by atoms with E-state index in [0.29, 0.717) is 51.2 Å². The van der Waals surface area contributed by atoms with Gasteiger partial charge in [0, 0.05) is 25.2 Å². The Balaban J connectivity index is 2.14. The van der Waals surface area contributed by atoms with Crippen LogP contribution in [0.5, 0.6) is 0 Å². The van der Waals surface area contributed by atoms with Crippen molar-refractivity contribution in [3.8, 4) is 0 Å². The van der Waals surface area contributed by atoms with Crippen LogP contribution < -0.4 is 0 Å². The fraction of sp³-hybridized carbons (Fsp3) is 0.796. The molecule has 1 heterocycles. The molecule has 1 saturated heterocycles. The minimum Gasteiger partial charge on any atom is -0.466 e. The van der Waals surface area contributed by atoms with Gasteiger partial charge in [0.15, 0.2) is 0 Å². The number of allylic oxidation sites excluding steroid dienone is 8. The molecule has 2 unspecified atom stereocenters. The number of piperidine rings is 1. The third kappa shape index (κ3) is 32.6. The molecule has 0 aromatic rings. The molecule has 0 N–H and O–H groups in total. The number of nitrogens with zero attached hydrogens (tertiary/aromatic N) is 2. The second-order valence-electron chi connectivity index (χ2n) is 16.2. The Morgan fingerprint density at radius 1 is 0.564 bits per heavy atom. The summed E-state index contributed by atoms with van der Waals surface area (Å²) in [4.78, 5) is 30.1. The molecule has 0 amide bonds. The number of hydrogen-bond donors (Lipinski definition) is 0. The largest absolute Gasteiger partial charge is 0.466 e. The topological polar surface area (TPSA) is 59.1 Å². The maximum Gasteiger partial charge on any atom is 0.307 e. The lowest BCUT2D eigenvalue weighted by molar-refractivity contribution is -0.144. The average molecular weight is 769 g/mol. The molecule has 55 heavy (non-hydrogen) atoms. The van der Waals surface area contributed by atoms with E-state index in [0.717, 1.165) is 57.9 Å². The number of rotatable bonds is 37. The molecule has 0 saturated carbocycles. The first-order chi connectivity index (χ1) is 27.0. The van der Waals surface area contributed by atoms with Gasteiger partial charge in [0.1, 0.15) is 0 Å². The number of likely N-dealkylation sites (tertiary alicyclic amines) is 1. The van der Waals surface area contributed by atoms with E-state index in [-0.39, 0.29) is 11.9 Å². The highest BCUT2D eigenvalue weighted by Gasteiger charge is 2.28. The zero-order valence-corrected chi connectivity index (χ0v) is 36.6. The number of carbonyl (C=O) groups is 2. The molecule has 2 atom stereocenters. The maximum atomic E-state index is 12.7. The van der Waals surface area contributed by atoms with Crippen molar-refractivity contribution >= 4 is 11.9 Å². The smallest absolute Gasteiger partial charge is 0.307 e. The van der Waals surface area contributed by atoms with Gasteiger partial charge in [0.25, 0.3) is 0 Å². The predicted molar refractivity (Wildman–Crippen MR) is 237 cm³/mol. The summed E-state index contributed by atoms with van der Waals surface area (Å²) in [6.07, 6.45) is 50.2. The van der Waals surface area contributed by atoms with Gasteiger partial charge in [-0.1, -0.05) is 140 Å². The van der Waals surface area contributed by atoms with Gasteiger partial charge in [-0.05, 0) is 110 Å². The second-order valence-corrected chi connectivity index (χ2v) is 16.2. The molecule has 0 radical (unpaired) electrons. The Labute approximate surface area is 341 Å². The van der Waals surface area contributed by atoms with Crippen LogP contribution in [-0.4, -0.2) is 73.7 Å². The van der Waals surface area contributed by atoms with Gasteiger partial charge < -0.3 is 14.4 Å². The average Bonchev–Trinajstić information content (AvgIpc) is 3.18. The van der Waals surface area contributed by atoms with Crippen LogP contribution in [0.4, 0.5) is 0 Å². The van der Waals surface area contributed by atoms with Crippen LogP contribution in [-0.2, 0) is 19.1 Å². The molecule has 1 fully saturated rings. The van der Waals surface area contributed by atoms with Gasteiger partial charge >= 0.3 is 11.9 Å². The third-order valence-electron chi connectivity index (χ3n) is 11.1. The summed E-state index contributed by atoms with van der Waals surface area (Å²) < 4.78 is 11.2. The second kappa shape index (κ2) is 38.7. The number of carbonyl (C=O) groups excluding carboxylic acids is 2.